The molecule has 0 spiro atoms. The van der Waals surface area contributed by atoms with Gasteiger partial charge in [-0.3, -0.25) is 0 Å². The van der Waals surface area contributed by atoms with E-state index >= 15 is 0 Å². The van der Waals surface area contributed by atoms with Crippen molar-refractivity contribution in [1.82, 2.24) is 9.13 Å². The molecule has 0 unspecified atom stereocenters. The number of rotatable bonds is 3. The maximum absolute atomic E-state index is 2.62. The van der Waals surface area contributed by atoms with E-state index in [-0.39, 0.29) is 6.71 Å². The van der Waals surface area contributed by atoms with Gasteiger partial charge in [0.25, 0.3) is 6.71 Å². The summed E-state index contributed by atoms with van der Waals surface area (Å²) in [7, 11) is 0. The Morgan fingerprint density at radius 3 is 1.38 bits per heavy atom. The summed E-state index contributed by atoms with van der Waals surface area (Å²) >= 11 is 0. The van der Waals surface area contributed by atoms with E-state index in [0.29, 0.717) is 0 Å². The summed E-state index contributed by atoms with van der Waals surface area (Å²) in [6.45, 7) is -0.00435. The van der Waals surface area contributed by atoms with Gasteiger partial charge >= 0.3 is 0 Å². The fourth-order valence-corrected chi connectivity index (χ4v) is 11.9. The number of benzene rings is 11. The lowest BCUT2D eigenvalue weighted by Crippen LogP contribution is -2.59. The van der Waals surface area contributed by atoms with E-state index in [9.17, 15) is 0 Å². The van der Waals surface area contributed by atoms with E-state index in [1.54, 1.807) is 0 Å². The van der Waals surface area contributed by atoms with E-state index in [4.69, 9.17) is 0 Å². The van der Waals surface area contributed by atoms with Crippen LogP contribution in [0.4, 0.5) is 0 Å². The molecule has 63 heavy (non-hydrogen) atoms. The summed E-state index contributed by atoms with van der Waals surface area (Å²) in [4.78, 5) is 0. The van der Waals surface area contributed by atoms with Crippen molar-refractivity contribution in [3.8, 4) is 44.8 Å². The Morgan fingerprint density at radius 2 is 0.746 bits per heavy atom. The van der Waals surface area contributed by atoms with Crippen molar-refractivity contribution < 1.29 is 0 Å². The third-order valence-corrected chi connectivity index (χ3v) is 14.4. The van der Waals surface area contributed by atoms with Crippen LogP contribution in [0, 0.1) is 0 Å². The standard InChI is InChI=1S/C60H35BN2/c1-4-15-36(16-5-1)39-27-29-52-46(31-39)48-33-41(38-19-8-3-9-20-38)34-50-59(48)62(52)54-25-14-26-55-58(54)61(50)51-35-47-44-23-11-10-21-42(44)43-22-12-13-24-45(43)56(47)57-49-32-40(37-17-6-2-7-18-37)28-30-53(49)63(55)60(51)57/h1-35H. The normalized spacial score (nSPS) is 12.7. The molecule has 0 radical (unpaired) electrons. The molecule has 15 rings (SSSR count). The number of hydrogen-bond acceptors (Lipinski definition) is 0. The Morgan fingerprint density at radius 1 is 0.270 bits per heavy atom. The highest BCUT2D eigenvalue weighted by molar-refractivity contribution is 7.00. The molecule has 3 heteroatoms. The summed E-state index contributed by atoms with van der Waals surface area (Å²) < 4.78 is 5.21. The molecule has 11 aromatic carbocycles. The lowest BCUT2D eigenvalue weighted by Gasteiger charge is -2.34. The summed E-state index contributed by atoms with van der Waals surface area (Å²) in [5, 5.41) is 13.0. The molecule has 0 aliphatic carbocycles. The fraction of sp³-hybridized carbons (Fsp3) is 0. The minimum absolute atomic E-state index is 0.00435. The Bertz CT molecular complexity index is 4120. The monoisotopic (exact) mass is 794 g/mol. The van der Waals surface area contributed by atoms with Crippen LogP contribution in [0.5, 0.6) is 0 Å². The minimum Gasteiger partial charge on any atom is -0.310 e. The fourth-order valence-electron chi connectivity index (χ4n) is 11.9. The summed E-state index contributed by atoms with van der Waals surface area (Å²) in [5.41, 5.74) is 19.1. The molecule has 2 aromatic heterocycles. The van der Waals surface area contributed by atoms with Gasteiger partial charge in [0.15, 0.2) is 0 Å². The second kappa shape index (κ2) is 12.2. The molecule has 0 atom stereocenters. The highest BCUT2D eigenvalue weighted by Gasteiger charge is 2.41. The zero-order valence-corrected chi connectivity index (χ0v) is 34.2. The second-order valence-electron chi connectivity index (χ2n) is 17.5. The quantitative estimate of drug-likeness (QED) is 0.125. The first-order valence-corrected chi connectivity index (χ1v) is 22.0. The highest BCUT2D eigenvalue weighted by atomic mass is 15.0. The van der Waals surface area contributed by atoms with Crippen molar-refractivity contribution in [2.24, 2.45) is 0 Å². The van der Waals surface area contributed by atoms with Crippen molar-refractivity contribution in [2.45, 2.75) is 0 Å². The van der Waals surface area contributed by atoms with E-state index in [1.165, 1.54) is 137 Å². The first kappa shape index (κ1) is 33.6. The van der Waals surface area contributed by atoms with E-state index < -0.39 is 0 Å². The lowest BCUT2D eigenvalue weighted by molar-refractivity contribution is 1.14. The lowest BCUT2D eigenvalue weighted by atomic mass is 9.34. The van der Waals surface area contributed by atoms with Crippen LogP contribution in [-0.4, -0.2) is 15.8 Å². The van der Waals surface area contributed by atoms with Crippen LogP contribution in [0.25, 0.3) is 121 Å². The van der Waals surface area contributed by atoms with Gasteiger partial charge in [0.2, 0.25) is 0 Å². The summed E-state index contributed by atoms with van der Waals surface area (Å²) in [5.74, 6) is 0. The van der Waals surface area contributed by atoms with Gasteiger partial charge < -0.3 is 9.13 Å². The predicted octanol–water partition coefficient (Wildman–Crippen LogP) is 13.5. The van der Waals surface area contributed by atoms with Crippen LogP contribution in [0.15, 0.2) is 212 Å². The van der Waals surface area contributed by atoms with Gasteiger partial charge in [0.05, 0.1) is 16.6 Å². The first-order valence-electron chi connectivity index (χ1n) is 22.0. The van der Waals surface area contributed by atoms with Crippen LogP contribution in [0.2, 0.25) is 0 Å². The predicted molar refractivity (Wildman–Crippen MR) is 269 cm³/mol. The number of aromatic nitrogens is 2. The molecular weight excluding hydrogens is 759 g/mol. The van der Waals surface area contributed by atoms with Gasteiger partial charge in [0.1, 0.15) is 0 Å². The van der Waals surface area contributed by atoms with Crippen LogP contribution in [0.3, 0.4) is 0 Å². The van der Waals surface area contributed by atoms with E-state index in [2.05, 4.69) is 221 Å². The molecule has 0 bridgehead atoms. The Balaban J connectivity index is 1.16. The summed E-state index contributed by atoms with van der Waals surface area (Å²) in [6, 6.07) is 79.7. The second-order valence-corrected chi connectivity index (χ2v) is 17.5. The molecule has 0 amide bonds. The number of hydrogen-bond donors (Lipinski definition) is 0. The van der Waals surface area contributed by atoms with Crippen molar-refractivity contribution in [2.75, 3.05) is 0 Å². The summed E-state index contributed by atoms with van der Waals surface area (Å²) in [6.07, 6.45) is 0. The molecule has 13 aromatic rings. The highest BCUT2D eigenvalue weighted by Crippen LogP contribution is 2.46. The Hall–Kier alpha value is -8.14. The van der Waals surface area contributed by atoms with Crippen LogP contribution in [-0.2, 0) is 0 Å². The molecule has 2 nitrogen and oxygen atoms in total. The maximum atomic E-state index is 2.62. The Kier molecular flexibility index (Phi) is 6.53. The molecule has 0 fully saturated rings. The van der Waals surface area contributed by atoms with Crippen molar-refractivity contribution in [3.63, 3.8) is 0 Å². The average molecular weight is 795 g/mol. The molecular formula is C60H35BN2. The van der Waals surface area contributed by atoms with Gasteiger partial charge in [-0.2, -0.15) is 0 Å². The third-order valence-electron chi connectivity index (χ3n) is 14.4. The molecule has 4 heterocycles. The number of nitrogens with zero attached hydrogens (tertiary/aromatic N) is 2. The van der Waals surface area contributed by atoms with Gasteiger partial charge in [-0.05, 0) is 119 Å². The zero-order valence-electron chi connectivity index (χ0n) is 34.2. The van der Waals surface area contributed by atoms with Gasteiger partial charge in [-0.15, -0.1) is 0 Å². The van der Waals surface area contributed by atoms with E-state index in [1.807, 2.05) is 0 Å². The molecule has 288 valence electrons. The van der Waals surface area contributed by atoms with Crippen LogP contribution in [0.1, 0.15) is 0 Å². The molecule has 0 N–H and O–H groups in total. The first-order chi connectivity index (χ1) is 31.3. The average Bonchev–Trinajstić information content (AvgIpc) is 3.88. The molecule has 2 aliphatic heterocycles. The van der Waals surface area contributed by atoms with Crippen molar-refractivity contribution in [1.29, 1.82) is 0 Å². The molecule has 2 aliphatic rings. The van der Waals surface area contributed by atoms with Gasteiger partial charge in [-0.1, -0.05) is 170 Å². The number of fused-ring (bicyclic) bond motifs is 17. The molecule has 0 saturated heterocycles. The molecule has 0 saturated carbocycles. The van der Waals surface area contributed by atoms with E-state index in [0.717, 1.165) is 0 Å². The maximum Gasteiger partial charge on any atom is 0.252 e. The van der Waals surface area contributed by atoms with Gasteiger partial charge in [0, 0.05) is 43.8 Å². The SMILES string of the molecule is c1ccc(-c2ccc3c(c2)c2cc(-c4ccccc4)cc4c2n3-c2cccc3c2B4c2cc4c5ccccc5c5ccccc5c4c4c5cc(-c6ccccc6)ccc5n-3c24)cc1. The third kappa shape index (κ3) is 4.38. The van der Waals surface area contributed by atoms with Crippen LogP contribution >= 0.6 is 0 Å². The Labute approximate surface area is 363 Å². The largest absolute Gasteiger partial charge is 0.310 e. The van der Waals surface area contributed by atoms with Crippen LogP contribution < -0.4 is 16.4 Å². The van der Waals surface area contributed by atoms with Gasteiger partial charge in [-0.25, -0.2) is 0 Å². The zero-order chi connectivity index (χ0) is 40.9. The minimum atomic E-state index is -0.00435. The van der Waals surface area contributed by atoms with Crippen molar-refractivity contribution in [3.05, 3.63) is 212 Å². The smallest absolute Gasteiger partial charge is 0.252 e. The topological polar surface area (TPSA) is 9.86 Å². The van der Waals surface area contributed by atoms with Crippen molar-refractivity contribution >= 4 is 99.0 Å².